The van der Waals surface area contributed by atoms with Gasteiger partial charge in [0.25, 0.3) is 0 Å². The number of rotatable bonds is 6. The van der Waals surface area contributed by atoms with Crippen molar-refractivity contribution in [2.45, 2.75) is 5.92 Å². The molecule has 0 aliphatic heterocycles. The van der Waals surface area contributed by atoms with Crippen LogP contribution >= 0.6 is 22.9 Å². The molecule has 0 bridgehead atoms. The van der Waals surface area contributed by atoms with Crippen molar-refractivity contribution in [1.82, 2.24) is 0 Å². The highest BCUT2D eigenvalue weighted by atomic mass is 35.5. The topological polar surface area (TPSA) is 55.4 Å². The van der Waals surface area contributed by atoms with Gasteiger partial charge >= 0.3 is 5.97 Å². The predicted octanol–water partition coefficient (Wildman–Crippen LogP) is 6.63. The van der Waals surface area contributed by atoms with E-state index >= 15 is 0 Å². The van der Waals surface area contributed by atoms with E-state index < -0.39 is 11.9 Å². The summed E-state index contributed by atoms with van der Waals surface area (Å²) in [6.45, 7) is 0. The van der Waals surface area contributed by atoms with Gasteiger partial charge in [-0.3, -0.25) is 4.79 Å². The smallest absolute Gasteiger partial charge is 0.341 e. The first-order valence-electron chi connectivity index (χ1n) is 9.95. The van der Waals surface area contributed by atoms with Gasteiger partial charge in [-0.05, 0) is 28.8 Å². The molecule has 1 amide bonds. The summed E-state index contributed by atoms with van der Waals surface area (Å²) < 4.78 is 5.02. The third kappa shape index (κ3) is 4.59. The van der Waals surface area contributed by atoms with E-state index in [1.54, 1.807) is 12.1 Å². The number of methoxy groups -OCH3 is 1. The average molecular weight is 462 g/mol. The van der Waals surface area contributed by atoms with Gasteiger partial charge < -0.3 is 10.1 Å². The van der Waals surface area contributed by atoms with Crippen LogP contribution in [0.15, 0.2) is 90.3 Å². The van der Waals surface area contributed by atoms with E-state index in [4.69, 9.17) is 16.3 Å². The first-order chi connectivity index (χ1) is 15.6. The van der Waals surface area contributed by atoms with E-state index in [1.807, 2.05) is 78.2 Å². The highest BCUT2D eigenvalue weighted by Gasteiger charge is 2.27. The van der Waals surface area contributed by atoms with Crippen LogP contribution in [0.5, 0.6) is 0 Å². The van der Waals surface area contributed by atoms with Crippen LogP contribution in [0.2, 0.25) is 5.02 Å². The number of amides is 1. The molecule has 3 aromatic carbocycles. The van der Waals surface area contributed by atoms with Crippen molar-refractivity contribution in [3.63, 3.8) is 0 Å². The number of hydrogen-bond acceptors (Lipinski definition) is 4. The van der Waals surface area contributed by atoms with Crippen molar-refractivity contribution >= 4 is 39.8 Å². The summed E-state index contributed by atoms with van der Waals surface area (Å²) in [7, 11) is 1.33. The zero-order valence-corrected chi connectivity index (χ0v) is 18.8. The van der Waals surface area contributed by atoms with Crippen LogP contribution in [0.4, 0.5) is 5.00 Å². The quantitative estimate of drug-likeness (QED) is 0.328. The largest absolute Gasteiger partial charge is 0.465 e. The minimum absolute atomic E-state index is 0.225. The van der Waals surface area contributed by atoms with Crippen LogP contribution in [-0.4, -0.2) is 19.0 Å². The van der Waals surface area contributed by atoms with Gasteiger partial charge in [0, 0.05) is 16.0 Å². The van der Waals surface area contributed by atoms with Gasteiger partial charge in [0.2, 0.25) is 5.91 Å². The molecular weight excluding hydrogens is 442 g/mol. The standard InChI is InChI=1S/C26H20ClNO3S/c1-31-26(30)23-21(17-12-14-20(27)15-13-17)16-32-25(23)28-24(29)22(18-8-4-2-5-9-18)19-10-6-3-7-11-19/h2-16,22H,1H3,(H,28,29). The molecule has 160 valence electrons. The van der Waals surface area contributed by atoms with Crippen LogP contribution in [0.1, 0.15) is 27.4 Å². The van der Waals surface area contributed by atoms with Crippen molar-refractivity contribution in [2.24, 2.45) is 0 Å². The van der Waals surface area contributed by atoms with E-state index in [2.05, 4.69) is 5.32 Å². The van der Waals surface area contributed by atoms with Crippen LogP contribution in [0, 0.1) is 0 Å². The molecule has 6 heteroatoms. The van der Waals surface area contributed by atoms with E-state index in [-0.39, 0.29) is 5.91 Å². The summed E-state index contributed by atoms with van der Waals surface area (Å²) in [4.78, 5) is 26.1. The summed E-state index contributed by atoms with van der Waals surface area (Å²) in [5, 5.41) is 5.87. The Morgan fingerprint density at radius 3 is 1.97 bits per heavy atom. The van der Waals surface area contributed by atoms with E-state index in [9.17, 15) is 9.59 Å². The molecule has 4 aromatic rings. The molecule has 0 aliphatic rings. The molecule has 1 aromatic heterocycles. The van der Waals surface area contributed by atoms with Gasteiger partial charge in [0.1, 0.15) is 10.6 Å². The lowest BCUT2D eigenvalue weighted by molar-refractivity contribution is -0.116. The Morgan fingerprint density at radius 1 is 0.875 bits per heavy atom. The third-order valence-corrected chi connectivity index (χ3v) is 6.25. The zero-order valence-electron chi connectivity index (χ0n) is 17.2. The van der Waals surface area contributed by atoms with Crippen LogP contribution in [0.25, 0.3) is 11.1 Å². The number of anilines is 1. The maximum absolute atomic E-state index is 13.5. The van der Waals surface area contributed by atoms with Gasteiger partial charge in [0.15, 0.2) is 0 Å². The lowest BCUT2D eigenvalue weighted by Gasteiger charge is -2.18. The number of nitrogens with one attached hydrogen (secondary N) is 1. The third-order valence-electron chi connectivity index (χ3n) is 5.10. The van der Waals surface area contributed by atoms with E-state index in [0.717, 1.165) is 16.7 Å². The first kappa shape index (κ1) is 21.8. The van der Waals surface area contributed by atoms with Crippen LogP contribution in [0.3, 0.4) is 0 Å². The average Bonchev–Trinajstić information content (AvgIpc) is 3.24. The summed E-state index contributed by atoms with van der Waals surface area (Å²) in [5.74, 6) is -1.26. The maximum atomic E-state index is 13.5. The number of carbonyl (C=O) groups is 2. The van der Waals surface area contributed by atoms with Crippen molar-refractivity contribution in [3.8, 4) is 11.1 Å². The second-order valence-corrected chi connectivity index (χ2v) is 8.41. The summed E-state index contributed by atoms with van der Waals surface area (Å²) in [6.07, 6.45) is 0. The number of ether oxygens (including phenoxy) is 1. The second kappa shape index (κ2) is 9.81. The summed E-state index contributed by atoms with van der Waals surface area (Å²) >= 11 is 7.30. The Bertz CT molecular complexity index is 1180. The van der Waals surface area contributed by atoms with Gasteiger partial charge in [0.05, 0.1) is 13.0 Å². The monoisotopic (exact) mass is 461 g/mol. The first-order valence-corrected chi connectivity index (χ1v) is 11.2. The molecule has 0 saturated heterocycles. The molecular formula is C26H20ClNO3S. The lowest BCUT2D eigenvalue weighted by Crippen LogP contribution is -2.23. The minimum Gasteiger partial charge on any atom is -0.465 e. The molecule has 0 fully saturated rings. The Kier molecular flexibility index (Phi) is 6.69. The molecule has 1 heterocycles. The maximum Gasteiger partial charge on any atom is 0.341 e. The Morgan fingerprint density at radius 2 is 1.44 bits per heavy atom. The predicted molar refractivity (Wildman–Crippen MR) is 129 cm³/mol. The fourth-order valence-electron chi connectivity index (χ4n) is 3.57. The number of halogens is 1. The molecule has 0 spiro atoms. The van der Waals surface area contributed by atoms with Crippen LogP contribution < -0.4 is 5.32 Å². The number of thiophene rings is 1. The number of hydrogen-bond donors (Lipinski definition) is 1. The number of esters is 1. The van der Waals surface area contributed by atoms with Crippen molar-refractivity contribution < 1.29 is 14.3 Å². The van der Waals surface area contributed by atoms with Gasteiger partial charge in [-0.15, -0.1) is 11.3 Å². The van der Waals surface area contributed by atoms with Gasteiger partial charge in [-0.1, -0.05) is 84.4 Å². The molecule has 0 unspecified atom stereocenters. The molecule has 0 saturated carbocycles. The summed E-state index contributed by atoms with van der Waals surface area (Å²) in [6, 6.07) is 26.3. The fourth-order valence-corrected chi connectivity index (χ4v) is 4.65. The van der Waals surface area contributed by atoms with E-state index in [1.165, 1.54) is 18.4 Å². The highest BCUT2D eigenvalue weighted by molar-refractivity contribution is 7.15. The zero-order chi connectivity index (χ0) is 22.5. The number of benzene rings is 3. The molecule has 4 nitrogen and oxygen atoms in total. The Balaban J connectivity index is 1.73. The Labute approximate surface area is 195 Å². The van der Waals surface area contributed by atoms with Gasteiger partial charge in [-0.25, -0.2) is 4.79 Å². The molecule has 0 radical (unpaired) electrons. The van der Waals surface area contributed by atoms with Gasteiger partial charge in [-0.2, -0.15) is 0 Å². The molecule has 1 N–H and O–H groups in total. The number of carbonyl (C=O) groups excluding carboxylic acids is 2. The molecule has 4 rings (SSSR count). The highest BCUT2D eigenvalue weighted by Crippen LogP contribution is 2.37. The lowest BCUT2D eigenvalue weighted by atomic mass is 9.90. The SMILES string of the molecule is COC(=O)c1c(-c2ccc(Cl)cc2)csc1NC(=O)C(c1ccccc1)c1ccccc1. The van der Waals surface area contributed by atoms with Crippen molar-refractivity contribution in [2.75, 3.05) is 12.4 Å². The van der Waals surface area contributed by atoms with Crippen molar-refractivity contribution in [3.05, 3.63) is 112 Å². The molecule has 0 atom stereocenters. The normalized spacial score (nSPS) is 10.7. The van der Waals surface area contributed by atoms with E-state index in [0.29, 0.717) is 21.2 Å². The second-order valence-electron chi connectivity index (χ2n) is 7.10. The van der Waals surface area contributed by atoms with Crippen molar-refractivity contribution in [1.29, 1.82) is 0 Å². The molecule has 32 heavy (non-hydrogen) atoms. The van der Waals surface area contributed by atoms with Crippen LogP contribution in [-0.2, 0) is 9.53 Å². The molecule has 0 aliphatic carbocycles. The Hall–Kier alpha value is -3.41. The minimum atomic E-state index is -0.524. The fraction of sp³-hybridized carbons (Fsp3) is 0.0769. The summed E-state index contributed by atoms with van der Waals surface area (Å²) in [5.41, 5.74) is 3.56.